The average Bonchev–Trinajstić information content (AvgIpc) is 3.24. The zero-order chi connectivity index (χ0) is 19.3. The summed E-state index contributed by atoms with van der Waals surface area (Å²) >= 11 is 6.66. The summed E-state index contributed by atoms with van der Waals surface area (Å²) in [6.07, 6.45) is 3.68. The van der Waals surface area contributed by atoms with Gasteiger partial charge in [-0.05, 0) is 25.1 Å². The zero-order valence-corrected chi connectivity index (χ0v) is 16.5. The van der Waals surface area contributed by atoms with Gasteiger partial charge in [-0.15, -0.1) is 0 Å². The molecule has 8 nitrogen and oxygen atoms in total. The molecule has 5 rings (SSSR count). The van der Waals surface area contributed by atoms with E-state index in [1.807, 2.05) is 25.4 Å². The van der Waals surface area contributed by atoms with Crippen LogP contribution in [0.5, 0.6) is 0 Å². The number of rotatable bonds is 3. The van der Waals surface area contributed by atoms with Crippen molar-refractivity contribution in [3.05, 3.63) is 35.6 Å². The van der Waals surface area contributed by atoms with Crippen molar-refractivity contribution in [3.63, 3.8) is 0 Å². The van der Waals surface area contributed by atoms with E-state index >= 15 is 0 Å². The van der Waals surface area contributed by atoms with E-state index in [1.54, 1.807) is 10.9 Å². The highest BCUT2D eigenvalue weighted by Crippen LogP contribution is 2.35. The highest BCUT2D eigenvalue weighted by molar-refractivity contribution is 6.36. The van der Waals surface area contributed by atoms with E-state index in [2.05, 4.69) is 48.8 Å². The van der Waals surface area contributed by atoms with Crippen LogP contribution in [0, 0.1) is 0 Å². The Balaban J connectivity index is 1.48. The van der Waals surface area contributed by atoms with E-state index in [9.17, 15) is 0 Å². The molecule has 4 heterocycles. The summed E-state index contributed by atoms with van der Waals surface area (Å²) in [5, 5.41) is 21.1. The molecule has 3 aromatic heterocycles. The number of H-pyrrole nitrogens is 1. The number of hydrogen-bond acceptors (Lipinski definition) is 6. The lowest BCUT2D eigenvalue weighted by molar-refractivity contribution is 0.485. The van der Waals surface area contributed by atoms with Crippen molar-refractivity contribution < 1.29 is 0 Å². The normalized spacial score (nSPS) is 17.5. The minimum absolute atomic E-state index is 0.456. The molecule has 28 heavy (non-hydrogen) atoms. The summed E-state index contributed by atoms with van der Waals surface area (Å²) in [6.45, 7) is 5.08. The second-order valence-electron chi connectivity index (χ2n) is 7.29. The van der Waals surface area contributed by atoms with Gasteiger partial charge in [-0.1, -0.05) is 11.6 Å². The predicted octanol–water partition coefficient (Wildman–Crippen LogP) is 3.04. The molecule has 1 unspecified atom stereocenters. The highest BCUT2D eigenvalue weighted by Gasteiger charge is 2.19. The number of pyridine rings is 1. The van der Waals surface area contributed by atoms with Crippen LogP contribution in [0.15, 0.2) is 30.6 Å². The van der Waals surface area contributed by atoms with E-state index in [4.69, 9.17) is 11.6 Å². The summed E-state index contributed by atoms with van der Waals surface area (Å²) < 4.78 is 1.75. The van der Waals surface area contributed by atoms with Gasteiger partial charge in [0.2, 0.25) is 0 Å². The van der Waals surface area contributed by atoms with Crippen LogP contribution in [-0.4, -0.2) is 50.6 Å². The van der Waals surface area contributed by atoms with Crippen LogP contribution < -0.4 is 15.5 Å². The molecule has 0 bridgehead atoms. The Morgan fingerprint density at radius 2 is 2.18 bits per heavy atom. The molecule has 3 N–H and O–H groups in total. The molecule has 0 aliphatic carbocycles. The number of nitrogens with one attached hydrogen (secondary N) is 3. The number of nitrogens with zero attached hydrogens (tertiary/aromatic N) is 5. The second-order valence-corrected chi connectivity index (χ2v) is 7.70. The molecule has 9 heteroatoms. The smallest absolute Gasteiger partial charge is 0.181 e. The van der Waals surface area contributed by atoms with Crippen molar-refractivity contribution in [2.24, 2.45) is 7.05 Å². The molecule has 0 saturated carbocycles. The van der Waals surface area contributed by atoms with Crippen molar-refractivity contribution in [1.29, 1.82) is 0 Å². The molecule has 0 spiro atoms. The van der Waals surface area contributed by atoms with Gasteiger partial charge in [0.15, 0.2) is 11.5 Å². The molecule has 1 saturated heterocycles. The third kappa shape index (κ3) is 3.04. The number of piperazine rings is 1. The van der Waals surface area contributed by atoms with Gasteiger partial charge in [-0.25, -0.2) is 4.98 Å². The maximum atomic E-state index is 6.66. The summed E-state index contributed by atoms with van der Waals surface area (Å²) in [5.74, 6) is 0.685. The number of hydrogen-bond donors (Lipinski definition) is 3. The number of aryl methyl sites for hydroxylation is 1. The van der Waals surface area contributed by atoms with E-state index in [0.717, 1.165) is 47.3 Å². The summed E-state index contributed by atoms with van der Waals surface area (Å²) in [6, 6.07) is 6.59. The SMILES string of the molecule is CC1CN(c2cc(Cl)c3c(Nc4cnc5nn(C)cc5c4)n[nH]c3c2)CCN1. The Morgan fingerprint density at radius 1 is 1.29 bits per heavy atom. The number of anilines is 3. The Morgan fingerprint density at radius 3 is 3.04 bits per heavy atom. The number of aromatic nitrogens is 5. The first-order valence-corrected chi connectivity index (χ1v) is 9.67. The lowest BCUT2D eigenvalue weighted by atomic mass is 10.1. The van der Waals surface area contributed by atoms with Crippen molar-refractivity contribution >= 4 is 50.7 Å². The Hall–Kier alpha value is -2.84. The number of fused-ring (bicyclic) bond motifs is 2. The topological polar surface area (TPSA) is 86.7 Å². The van der Waals surface area contributed by atoms with Crippen molar-refractivity contribution in [1.82, 2.24) is 30.3 Å². The maximum absolute atomic E-state index is 6.66. The van der Waals surface area contributed by atoms with Crippen LogP contribution >= 0.6 is 11.6 Å². The van der Waals surface area contributed by atoms with E-state index < -0.39 is 0 Å². The first kappa shape index (κ1) is 17.3. The number of aromatic amines is 1. The fraction of sp³-hybridized carbons (Fsp3) is 0.316. The fourth-order valence-corrected chi connectivity index (χ4v) is 4.07. The third-order valence-corrected chi connectivity index (χ3v) is 5.37. The molecule has 0 radical (unpaired) electrons. The zero-order valence-electron chi connectivity index (χ0n) is 15.7. The average molecular weight is 397 g/mol. The molecule has 1 aliphatic rings. The Kier molecular flexibility index (Phi) is 4.10. The standard InChI is InChI=1S/C19H21ClN8/c1-11-9-28(4-3-21-11)14-6-15(20)17-16(7-14)24-25-19(17)23-13-5-12-10-27(2)26-18(12)22-8-13/h5-8,10-11,21H,3-4,9H2,1-2H3,(H2,23,24,25). The highest BCUT2D eigenvalue weighted by atomic mass is 35.5. The van der Waals surface area contributed by atoms with Crippen LogP contribution in [0.1, 0.15) is 6.92 Å². The third-order valence-electron chi connectivity index (χ3n) is 5.07. The Bertz CT molecular complexity index is 1160. The molecule has 4 aromatic rings. The van der Waals surface area contributed by atoms with Gasteiger partial charge in [0, 0.05) is 50.0 Å². The molecule has 0 amide bonds. The maximum Gasteiger partial charge on any atom is 0.181 e. The monoisotopic (exact) mass is 396 g/mol. The van der Waals surface area contributed by atoms with Gasteiger partial charge < -0.3 is 15.5 Å². The summed E-state index contributed by atoms with van der Waals surface area (Å²) in [5.41, 5.74) is 3.57. The largest absolute Gasteiger partial charge is 0.369 e. The molecule has 144 valence electrons. The first-order chi connectivity index (χ1) is 13.6. The predicted molar refractivity (Wildman–Crippen MR) is 113 cm³/mol. The van der Waals surface area contributed by atoms with E-state index in [-0.39, 0.29) is 0 Å². The lowest BCUT2D eigenvalue weighted by Gasteiger charge is -2.33. The van der Waals surface area contributed by atoms with Crippen molar-refractivity contribution in [3.8, 4) is 0 Å². The molecular weight excluding hydrogens is 376 g/mol. The molecule has 1 fully saturated rings. The molecular formula is C19H21ClN8. The van der Waals surface area contributed by atoms with Crippen LogP contribution in [0.2, 0.25) is 5.02 Å². The van der Waals surface area contributed by atoms with Crippen LogP contribution in [0.3, 0.4) is 0 Å². The minimum atomic E-state index is 0.456. The van der Waals surface area contributed by atoms with Gasteiger partial charge >= 0.3 is 0 Å². The quantitative estimate of drug-likeness (QED) is 0.493. The lowest BCUT2D eigenvalue weighted by Crippen LogP contribution is -2.49. The fourth-order valence-electron chi connectivity index (χ4n) is 3.77. The summed E-state index contributed by atoms with van der Waals surface area (Å²) in [7, 11) is 1.88. The van der Waals surface area contributed by atoms with Gasteiger partial charge in [0.05, 0.1) is 27.8 Å². The van der Waals surface area contributed by atoms with Gasteiger partial charge in [-0.2, -0.15) is 10.2 Å². The van der Waals surface area contributed by atoms with Crippen LogP contribution in [-0.2, 0) is 7.05 Å². The van der Waals surface area contributed by atoms with Crippen molar-refractivity contribution in [2.75, 3.05) is 29.9 Å². The van der Waals surface area contributed by atoms with Gasteiger partial charge in [0.25, 0.3) is 0 Å². The number of benzene rings is 1. The summed E-state index contributed by atoms with van der Waals surface area (Å²) in [4.78, 5) is 6.74. The molecule has 1 atom stereocenters. The van der Waals surface area contributed by atoms with Crippen LogP contribution in [0.25, 0.3) is 21.9 Å². The van der Waals surface area contributed by atoms with Crippen LogP contribution in [0.4, 0.5) is 17.2 Å². The van der Waals surface area contributed by atoms with E-state index in [0.29, 0.717) is 22.5 Å². The van der Waals surface area contributed by atoms with Gasteiger partial charge in [-0.3, -0.25) is 9.78 Å². The molecule has 1 aliphatic heterocycles. The number of halogens is 1. The second kappa shape index (κ2) is 6.65. The minimum Gasteiger partial charge on any atom is -0.369 e. The van der Waals surface area contributed by atoms with E-state index in [1.165, 1.54) is 0 Å². The van der Waals surface area contributed by atoms with Gasteiger partial charge in [0.1, 0.15) is 0 Å². The molecule has 1 aromatic carbocycles. The van der Waals surface area contributed by atoms with Crippen molar-refractivity contribution in [2.45, 2.75) is 13.0 Å². The first-order valence-electron chi connectivity index (χ1n) is 9.29. The Labute approximate surface area is 166 Å².